The van der Waals surface area contributed by atoms with E-state index in [1.165, 1.54) is 57.4 Å². The lowest BCUT2D eigenvalue weighted by atomic mass is 9.93. The Morgan fingerprint density at radius 2 is 2.08 bits per heavy atom. The van der Waals surface area contributed by atoms with Crippen molar-refractivity contribution < 1.29 is 4.74 Å². The summed E-state index contributed by atoms with van der Waals surface area (Å²) >= 11 is 0. The Kier molecular flexibility index (Phi) is 5.68. The van der Waals surface area contributed by atoms with Gasteiger partial charge in [-0.25, -0.2) is 0 Å². The van der Waals surface area contributed by atoms with Gasteiger partial charge in [-0.15, -0.1) is 10.2 Å². The SMILES string of the molecule is CC1CN(CC2CCCO2)CCC1NCc1nnc2n1CCCCC2. The van der Waals surface area contributed by atoms with Crippen molar-refractivity contribution >= 4 is 0 Å². The van der Waals surface area contributed by atoms with E-state index < -0.39 is 0 Å². The van der Waals surface area contributed by atoms with Gasteiger partial charge in [0.1, 0.15) is 11.6 Å². The molecule has 2 fully saturated rings. The molecule has 3 atom stereocenters. The smallest absolute Gasteiger partial charge is 0.147 e. The zero-order valence-electron chi connectivity index (χ0n) is 15.6. The first-order valence-electron chi connectivity index (χ1n) is 10.3. The molecule has 1 N–H and O–H groups in total. The van der Waals surface area contributed by atoms with Gasteiger partial charge in [-0.1, -0.05) is 13.3 Å². The molecule has 3 aliphatic heterocycles. The summed E-state index contributed by atoms with van der Waals surface area (Å²) in [6, 6.07) is 0.583. The normalized spacial score (nSPS) is 31.0. The van der Waals surface area contributed by atoms with Gasteiger partial charge < -0.3 is 19.5 Å². The Hall–Kier alpha value is -0.980. The van der Waals surface area contributed by atoms with Gasteiger partial charge in [0.2, 0.25) is 0 Å². The largest absolute Gasteiger partial charge is 0.377 e. The number of fused-ring (bicyclic) bond motifs is 1. The van der Waals surface area contributed by atoms with Crippen molar-refractivity contribution in [1.82, 2.24) is 25.0 Å². The number of ether oxygens (including phenoxy) is 1. The Morgan fingerprint density at radius 3 is 2.92 bits per heavy atom. The molecule has 0 aromatic carbocycles. The molecule has 3 unspecified atom stereocenters. The van der Waals surface area contributed by atoms with E-state index in [1.807, 2.05) is 0 Å². The molecule has 3 aliphatic rings. The van der Waals surface area contributed by atoms with E-state index in [1.54, 1.807) is 0 Å². The van der Waals surface area contributed by atoms with Crippen molar-refractivity contribution in [3.63, 3.8) is 0 Å². The van der Waals surface area contributed by atoms with Gasteiger partial charge in [0.05, 0.1) is 12.6 Å². The van der Waals surface area contributed by atoms with Crippen LogP contribution in [-0.4, -0.2) is 58.1 Å². The van der Waals surface area contributed by atoms with Crippen LogP contribution in [0.25, 0.3) is 0 Å². The van der Waals surface area contributed by atoms with Crippen molar-refractivity contribution in [3.05, 3.63) is 11.6 Å². The van der Waals surface area contributed by atoms with Crippen LogP contribution >= 0.6 is 0 Å². The van der Waals surface area contributed by atoms with Gasteiger partial charge in [0.15, 0.2) is 0 Å². The fourth-order valence-electron chi connectivity index (χ4n) is 4.68. The Bertz CT molecular complexity index is 554. The summed E-state index contributed by atoms with van der Waals surface area (Å²) in [6.45, 7) is 8.76. The molecule has 0 aliphatic carbocycles. The summed E-state index contributed by atoms with van der Waals surface area (Å²) in [6.07, 6.45) is 9.09. The highest BCUT2D eigenvalue weighted by Gasteiger charge is 2.28. The standard InChI is InChI=1S/C19H33N5O/c1-15-13-23(14-16-6-5-11-25-16)10-8-17(15)20-12-19-22-21-18-7-3-2-4-9-24(18)19/h15-17,20H,2-14H2,1H3. The van der Waals surface area contributed by atoms with Gasteiger partial charge in [0, 0.05) is 38.7 Å². The molecule has 0 radical (unpaired) electrons. The molecular formula is C19H33N5O. The molecule has 4 rings (SSSR count). The zero-order valence-corrected chi connectivity index (χ0v) is 15.6. The Morgan fingerprint density at radius 1 is 1.12 bits per heavy atom. The summed E-state index contributed by atoms with van der Waals surface area (Å²) in [5.41, 5.74) is 0. The number of aryl methyl sites for hydroxylation is 1. The molecule has 0 amide bonds. The highest BCUT2D eigenvalue weighted by Crippen LogP contribution is 2.21. The maximum Gasteiger partial charge on any atom is 0.147 e. The van der Waals surface area contributed by atoms with Crippen molar-refractivity contribution in [1.29, 1.82) is 0 Å². The second-order valence-electron chi connectivity index (χ2n) is 8.14. The number of piperidine rings is 1. The molecule has 1 aromatic heterocycles. The molecule has 6 nitrogen and oxygen atoms in total. The summed E-state index contributed by atoms with van der Waals surface area (Å²) in [7, 11) is 0. The fraction of sp³-hybridized carbons (Fsp3) is 0.895. The minimum Gasteiger partial charge on any atom is -0.377 e. The van der Waals surface area contributed by atoms with Gasteiger partial charge in [-0.3, -0.25) is 0 Å². The molecule has 0 saturated carbocycles. The molecular weight excluding hydrogens is 314 g/mol. The minimum absolute atomic E-state index is 0.475. The fourth-order valence-corrected chi connectivity index (χ4v) is 4.68. The van der Waals surface area contributed by atoms with Crippen LogP contribution in [0.15, 0.2) is 0 Å². The highest BCUT2D eigenvalue weighted by atomic mass is 16.5. The average molecular weight is 348 g/mol. The first kappa shape index (κ1) is 17.4. The quantitative estimate of drug-likeness (QED) is 0.883. The number of likely N-dealkylation sites (tertiary alicyclic amines) is 1. The maximum absolute atomic E-state index is 5.80. The summed E-state index contributed by atoms with van der Waals surface area (Å²) in [4.78, 5) is 2.60. The van der Waals surface area contributed by atoms with E-state index in [2.05, 4.69) is 31.9 Å². The summed E-state index contributed by atoms with van der Waals surface area (Å²) < 4.78 is 8.16. The van der Waals surface area contributed by atoms with Crippen LogP contribution in [0.4, 0.5) is 0 Å². The van der Waals surface area contributed by atoms with E-state index in [9.17, 15) is 0 Å². The van der Waals surface area contributed by atoms with E-state index in [-0.39, 0.29) is 0 Å². The monoisotopic (exact) mass is 347 g/mol. The van der Waals surface area contributed by atoms with Crippen LogP contribution in [0.2, 0.25) is 0 Å². The van der Waals surface area contributed by atoms with Crippen LogP contribution < -0.4 is 5.32 Å². The molecule has 2 saturated heterocycles. The third-order valence-electron chi connectivity index (χ3n) is 6.18. The van der Waals surface area contributed by atoms with Crippen LogP contribution in [0.5, 0.6) is 0 Å². The van der Waals surface area contributed by atoms with Crippen LogP contribution in [0, 0.1) is 5.92 Å². The van der Waals surface area contributed by atoms with E-state index in [0.29, 0.717) is 18.1 Å². The molecule has 1 aromatic rings. The third kappa shape index (κ3) is 4.23. The van der Waals surface area contributed by atoms with Crippen molar-refractivity contribution in [3.8, 4) is 0 Å². The number of aromatic nitrogens is 3. The maximum atomic E-state index is 5.80. The van der Waals surface area contributed by atoms with E-state index >= 15 is 0 Å². The average Bonchev–Trinajstić information content (AvgIpc) is 3.19. The Labute approximate surface area is 151 Å². The summed E-state index contributed by atoms with van der Waals surface area (Å²) in [5, 5.41) is 12.7. The number of hydrogen-bond donors (Lipinski definition) is 1. The molecule has 0 bridgehead atoms. The predicted octanol–water partition coefficient (Wildman–Crippen LogP) is 1.98. The van der Waals surface area contributed by atoms with Gasteiger partial charge in [0.25, 0.3) is 0 Å². The topological polar surface area (TPSA) is 55.2 Å². The number of nitrogens with one attached hydrogen (secondary N) is 1. The highest BCUT2D eigenvalue weighted by molar-refractivity contribution is 4.98. The van der Waals surface area contributed by atoms with E-state index in [4.69, 9.17) is 4.74 Å². The molecule has 25 heavy (non-hydrogen) atoms. The lowest BCUT2D eigenvalue weighted by Gasteiger charge is -2.38. The van der Waals surface area contributed by atoms with Crippen LogP contribution in [-0.2, 0) is 24.2 Å². The Balaban J connectivity index is 1.27. The lowest BCUT2D eigenvalue weighted by molar-refractivity contribution is 0.0511. The van der Waals surface area contributed by atoms with Gasteiger partial charge in [-0.2, -0.15) is 0 Å². The van der Waals surface area contributed by atoms with E-state index in [0.717, 1.165) is 38.5 Å². The first-order valence-corrected chi connectivity index (χ1v) is 10.3. The second-order valence-corrected chi connectivity index (χ2v) is 8.14. The zero-order chi connectivity index (χ0) is 17.1. The van der Waals surface area contributed by atoms with Crippen molar-refractivity contribution in [2.45, 2.75) is 77.1 Å². The van der Waals surface area contributed by atoms with Crippen molar-refractivity contribution in [2.75, 3.05) is 26.2 Å². The molecule has 4 heterocycles. The van der Waals surface area contributed by atoms with Gasteiger partial charge >= 0.3 is 0 Å². The predicted molar refractivity (Wildman–Crippen MR) is 97.4 cm³/mol. The van der Waals surface area contributed by atoms with Gasteiger partial charge in [-0.05, 0) is 44.6 Å². The number of hydrogen-bond acceptors (Lipinski definition) is 5. The molecule has 6 heteroatoms. The second kappa shape index (κ2) is 8.14. The van der Waals surface area contributed by atoms with Crippen LogP contribution in [0.1, 0.15) is 57.1 Å². The van der Waals surface area contributed by atoms with Crippen molar-refractivity contribution in [2.24, 2.45) is 5.92 Å². The number of rotatable bonds is 5. The lowest BCUT2D eigenvalue weighted by Crippen LogP contribution is -2.49. The third-order valence-corrected chi connectivity index (χ3v) is 6.18. The molecule has 140 valence electrons. The minimum atomic E-state index is 0.475. The number of nitrogens with zero attached hydrogens (tertiary/aromatic N) is 4. The first-order chi connectivity index (χ1) is 12.3. The van der Waals surface area contributed by atoms with Crippen LogP contribution in [0.3, 0.4) is 0 Å². The summed E-state index contributed by atoms with van der Waals surface area (Å²) in [5.74, 6) is 2.99. The molecule has 0 spiro atoms.